The number of hydrogen-bond acceptors (Lipinski definition) is 1. The molecular weight excluding hydrogens is 217 g/mol. The van der Waals surface area contributed by atoms with Crippen LogP contribution < -0.4 is 0 Å². The quantitative estimate of drug-likeness (QED) is 0.772. The van der Waals surface area contributed by atoms with Gasteiger partial charge in [-0.3, -0.25) is 0 Å². The highest BCUT2D eigenvalue weighted by Crippen LogP contribution is 2.31. The minimum Gasteiger partial charge on any atom is -0.300 e. The first kappa shape index (κ1) is 12.7. The third kappa shape index (κ3) is 3.36. The molecule has 0 bridgehead atoms. The number of carbonyl (C=O) groups excluding carboxylic acids is 1. The summed E-state index contributed by atoms with van der Waals surface area (Å²) >= 11 is 0. The molecule has 0 aliphatic heterocycles. The van der Waals surface area contributed by atoms with Crippen molar-refractivity contribution < 1.29 is 18.0 Å². The summed E-state index contributed by atoms with van der Waals surface area (Å²) in [6.45, 7) is 3.18. The van der Waals surface area contributed by atoms with Gasteiger partial charge in [0, 0.05) is 6.42 Å². The van der Waals surface area contributed by atoms with Crippen molar-refractivity contribution >= 4 is 5.78 Å². The van der Waals surface area contributed by atoms with Crippen LogP contribution in [-0.4, -0.2) is 5.78 Å². The van der Waals surface area contributed by atoms with Gasteiger partial charge in [-0.2, -0.15) is 13.2 Å². The molecule has 4 heteroatoms. The van der Waals surface area contributed by atoms with E-state index in [0.29, 0.717) is 5.56 Å². The van der Waals surface area contributed by atoms with E-state index < -0.39 is 11.7 Å². The van der Waals surface area contributed by atoms with Gasteiger partial charge in [0.2, 0.25) is 0 Å². The van der Waals surface area contributed by atoms with Crippen LogP contribution in [0.15, 0.2) is 24.3 Å². The minimum atomic E-state index is -4.33. The molecule has 0 spiro atoms. The molecule has 0 aliphatic carbocycles. The number of rotatable bonds is 3. The Hall–Kier alpha value is -1.32. The second-order valence-corrected chi connectivity index (χ2v) is 3.93. The predicted octanol–water partition coefficient (Wildman–Crippen LogP) is 3.79. The van der Waals surface area contributed by atoms with Crippen molar-refractivity contribution in [1.29, 1.82) is 0 Å². The molecule has 1 atom stereocenters. The van der Waals surface area contributed by atoms with E-state index in [2.05, 4.69) is 0 Å². The van der Waals surface area contributed by atoms with E-state index in [1.165, 1.54) is 13.0 Å². The van der Waals surface area contributed by atoms with Crippen molar-refractivity contribution in [3.05, 3.63) is 35.4 Å². The molecule has 16 heavy (non-hydrogen) atoms. The van der Waals surface area contributed by atoms with Gasteiger partial charge in [-0.25, -0.2) is 0 Å². The van der Waals surface area contributed by atoms with E-state index in [0.717, 1.165) is 12.1 Å². The molecule has 1 nitrogen and oxygen atoms in total. The lowest BCUT2D eigenvalue weighted by Crippen LogP contribution is -2.07. The van der Waals surface area contributed by atoms with Gasteiger partial charge in [-0.1, -0.05) is 25.1 Å². The number of hydrogen-bond donors (Lipinski definition) is 0. The lowest BCUT2D eigenvalue weighted by atomic mass is 9.94. The van der Waals surface area contributed by atoms with E-state index in [1.54, 1.807) is 13.0 Å². The van der Waals surface area contributed by atoms with Crippen LogP contribution in [0.2, 0.25) is 0 Å². The molecule has 88 valence electrons. The summed E-state index contributed by atoms with van der Waals surface area (Å²) in [4.78, 5) is 10.9. The Morgan fingerprint density at radius 2 is 2.00 bits per heavy atom. The topological polar surface area (TPSA) is 17.1 Å². The average Bonchev–Trinajstić information content (AvgIpc) is 2.15. The third-order valence-corrected chi connectivity index (χ3v) is 2.38. The first-order valence-corrected chi connectivity index (χ1v) is 4.97. The average molecular weight is 230 g/mol. The number of Topliss-reactive ketones (excluding diaryl/α,β-unsaturated/α-hetero) is 1. The van der Waals surface area contributed by atoms with Crippen molar-refractivity contribution in [2.24, 2.45) is 0 Å². The van der Waals surface area contributed by atoms with Crippen LogP contribution in [0.25, 0.3) is 0 Å². The zero-order chi connectivity index (χ0) is 12.3. The van der Waals surface area contributed by atoms with Crippen LogP contribution >= 0.6 is 0 Å². The first-order chi connectivity index (χ1) is 7.30. The summed E-state index contributed by atoms with van der Waals surface area (Å²) in [5.74, 6) is -0.204. The molecule has 0 N–H and O–H groups in total. The predicted molar refractivity (Wildman–Crippen MR) is 55.2 cm³/mol. The second kappa shape index (κ2) is 4.68. The van der Waals surface area contributed by atoms with Crippen molar-refractivity contribution in [2.45, 2.75) is 32.4 Å². The van der Waals surface area contributed by atoms with Crippen LogP contribution in [0, 0.1) is 0 Å². The summed E-state index contributed by atoms with van der Waals surface area (Å²) in [7, 11) is 0. The van der Waals surface area contributed by atoms with Gasteiger partial charge in [0.1, 0.15) is 5.78 Å². The number of ketones is 1. The van der Waals surface area contributed by atoms with Crippen LogP contribution in [0.1, 0.15) is 37.3 Å². The molecule has 0 heterocycles. The maximum atomic E-state index is 12.4. The molecule has 0 aliphatic rings. The standard InChI is InChI=1S/C12H13F3O/c1-8(6-9(2)16)10-4-3-5-11(7-10)12(13,14)15/h3-5,7-8H,6H2,1-2H3/t8-/m0/s1. The smallest absolute Gasteiger partial charge is 0.300 e. The summed E-state index contributed by atoms with van der Waals surface area (Å²) in [5.41, 5.74) is -0.120. The number of carbonyl (C=O) groups is 1. The fourth-order valence-electron chi connectivity index (χ4n) is 1.57. The normalized spacial score (nSPS) is 13.6. The maximum absolute atomic E-state index is 12.4. The Morgan fingerprint density at radius 1 is 1.38 bits per heavy atom. The van der Waals surface area contributed by atoms with Gasteiger partial charge < -0.3 is 4.79 Å². The fourth-order valence-corrected chi connectivity index (χ4v) is 1.57. The highest BCUT2D eigenvalue weighted by molar-refractivity contribution is 5.76. The Bertz CT molecular complexity index is 382. The molecule has 0 saturated carbocycles. The highest BCUT2D eigenvalue weighted by atomic mass is 19.4. The van der Waals surface area contributed by atoms with Gasteiger partial charge in [-0.15, -0.1) is 0 Å². The van der Waals surface area contributed by atoms with E-state index >= 15 is 0 Å². The Morgan fingerprint density at radius 3 is 2.50 bits per heavy atom. The van der Waals surface area contributed by atoms with E-state index in [9.17, 15) is 18.0 Å². The molecule has 1 aromatic rings. The molecular formula is C12H13F3O. The molecule has 0 saturated heterocycles. The lowest BCUT2D eigenvalue weighted by Gasteiger charge is -2.13. The maximum Gasteiger partial charge on any atom is 0.416 e. The van der Waals surface area contributed by atoms with Crippen LogP contribution in [0.5, 0.6) is 0 Å². The van der Waals surface area contributed by atoms with Gasteiger partial charge in [0.25, 0.3) is 0 Å². The summed E-state index contributed by atoms with van der Waals surface area (Å²) in [6, 6.07) is 5.12. The molecule has 1 aromatic carbocycles. The van der Waals surface area contributed by atoms with E-state index in [1.807, 2.05) is 0 Å². The highest BCUT2D eigenvalue weighted by Gasteiger charge is 2.30. The van der Waals surface area contributed by atoms with Crippen LogP contribution in [0.4, 0.5) is 13.2 Å². The van der Waals surface area contributed by atoms with Crippen molar-refractivity contribution in [1.82, 2.24) is 0 Å². The largest absolute Gasteiger partial charge is 0.416 e. The molecule has 0 unspecified atom stereocenters. The monoisotopic (exact) mass is 230 g/mol. The van der Waals surface area contributed by atoms with Crippen molar-refractivity contribution in [2.75, 3.05) is 0 Å². The number of halogens is 3. The lowest BCUT2D eigenvalue weighted by molar-refractivity contribution is -0.137. The van der Waals surface area contributed by atoms with Gasteiger partial charge in [0.15, 0.2) is 0 Å². The van der Waals surface area contributed by atoms with E-state index in [-0.39, 0.29) is 18.1 Å². The minimum absolute atomic E-state index is 0.0232. The third-order valence-electron chi connectivity index (χ3n) is 2.38. The summed E-state index contributed by atoms with van der Waals surface area (Å²) < 4.78 is 37.3. The Kier molecular flexibility index (Phi) is 3.73. The van der Waals surface area contributed by atoms with E-state index in [4.69, 9.17) is 0 Å². The number of benzene rings is 1. The zero-order valence-corrected chi connectivity index (χ0v) is 9.14. The van der Waals surface area contributed by atoms with Crippen LogP contribution in [0.3, 0.4) is 0 Å². The number of alkyl halides is 3. The van der Waals surface area contributed by atoms with Crippen molar-refractivity contribution in [3.8, 4) is 0 Å². The fraction of sp³-hybridized carbons (Fsp3) is 0.417. The Labute approximate surface area is 92.3 Å². The van der Waals surface area contributed by atoms with Crippen molar-refractivity contribution in [3.63, 3.8) is 0 Å². The van der Waals surface area contributed by atoms with Gasteiger partial charge >= 0.3 is 6.18 Å². The Balaban J connectivity index is 2.94. The SMILES string of the molecule is CC(=O)C[C@H](C)c1cccc(C(F)(F)F)c1. The molecule has 0 fully saturated rings. The van der Waals surface area contributed by atoms with Gasteiger partial charge in [-0.05, 0) is 24.5 Å². The first-order valence-electron chi connectivity index (χ1n) is 4.97. The van der Waals surface area contributed by atoms with Gasteiger partial charge in [0.05, 0.1) is 5.56 Å². The second-order valence-electron chi connectivity index (χ2n) is 3.93. The molecule has 0 radical (unpaired) electrons. The summed E-state index contributed by atoms with van der Waals surface area (Å²) in [6.07, 6.45) is -4.06. The molecule has 0 amide bonds. The molecule has 0 aromatic heterocycles. The summed E-state index contributed by atoms with van der Waals surface area (Å²) in [5, 5.41) is 0. The zero-order valence-electron chi connectivity index (χ0n) is 9.14. The van der Waals surface area contributed by atoms with Crippen LogP contribution in [-0.2, 0) is 11.0 Å². The molecule has 1 rings (SSSR count).